The van der Waals surface area contributed by atoms with Crippen LogP contribution >= 0.6 is 11.8 Å². The highest BCUT2D eigenvalue weighted by atomic mass is 32.2. The van der Waals surface area contributed by atoms with E-state index in [1.165, 1.54) is 7.11 Å². The summed E-state index contributed by atoms with van der Waals surface area (Å²) in [5, 5.41) is 10.4. The first kappa shape index (κ1) is 9.55. The monoisotopic (exact) mass is 195 g/mol. The Hall–Kier alpha value is -1.54. The van der Waals surface area contributed by atoms with Crippen molar-refractivity contribution in [3.63, 3.8) is 0 Å². The number of ether oxygens (including phenoxy) is 1. The highest BCUT2D eigenvalue weighted by molar-refractivity contribution is 8.03. The summed E-state index contributed by atoms with van der Waals surface area (Å²) in [5.41, 5.74) is 12.0. The first-order valence-corrected chi connectivity index (χ1v) is 4.29. The normalized spacial score (nSPS) is 9.23. The third-order valence-corrected chi connectivity index (χ3v) is 2.16. The van der Waals surface area contributed by atoms with E-state index in [1.54, 1.807) is 12.1 Å². The molecule has 0 aliphatic heterocycles. The number of hydrogen-bond acceptors (Lipinski definition) is 5. The number of rotatable bonds is 2. The molecule has 5 heteroatoms. The maximum Gasteiger partial charge on any atom is 0.138 e. The SMILES string of the molecule is COc1cc(N)c(N)cc1SC#N. The van der Waals surface area contributed by atoms with Crippen LogP contribution < -0.4 is 16.2 Å². The average Bonchev–Trinajstić information content (AvgIpc) is 2.11. The summed E-state index contributed by atoms with van der Waals surface area (Å²) < 4.78 is 5.03. The van der Waals surface area contributed by atoms with Crippen LogP contribution in [0.2, 0.25) is 0 Å². The van der Waals surface area contributed by atoms with Gasteiger partial charge in [0.25, 0.3) is 0 Å². The highest BCUT2D eigenvalue weighted by Crippen LogP contribution is 2.33. The van der Waals surface area contributed by atoms with Crippen molar-refractivity contribution >= 4 is 23.1 Å². The molecular weight excluding hydrogens is 186 g/mol. The molecule has 0 aliphatic carbocycles. The van der Waals surface area contributed by atoms with E-state index in [0.717, 1.165) is 11.8 Å². The number of hydrogen-bond donors (Lipinski definition) is 2. The highest BCUT2D eigenvalue weighted by Gasteiger charge is 2.06. The van der Waals surface area contributed by atoms with Crippen molar-refractivity contribution in [2.75, 3.05) is 18.6 Å². The zero-order valence-electron chi connectivity index (χ0n) is 7.07. The molecule has 0 unspecified atom stereocenters. The van der Waals surface area contributed by atoms with Gasteiger partial charge in [-0.15, -0.1) is 0 Å². The Bertz CT molecular complexity index is 359. The minimum Gasteiger partial charge on any atom is -0.495 e. The Morgan fingerprint density at radius 2 is 2.00 bits per heavy atom. The zero-order chi connectivity index (χ0) is 9.84. The molecule has 4 N–H and O–H groups in total. The zero-order valence-corrected chi connectivity index (χ0v) is 7.89. The molecule has 0 bridgehead atoms. The largest absolute Gasteiger partial charge is 0.495 e. The van der Waals surface area contributed by atoms with Gasteiger partial charge in [-0.05, 0) is 17.8 Å². The lowest BCUT2D eigenvalue weighted by atomic mass is 10.2. The summed E-state index contributed by atoms with van der Waals surface area (Å²) >= 11 is 0.994. The number of anilines is 2. The second-order valence-corrected chi connectivity index (χ2v) is 3.15. The number of nitriles is 1. The number of thioether (sulfide) groups is 1. The second kappa shape index (κ2) is 3.92. The fraction of sp³-hybridized carbons (Fsp3) is 0.125. The fourth-order valence-corrected chi connectivity index (χ4v) is 1.41. The molecule has 0 saturated carbocycles. The topological polar surface area (TPSA) is 85.1 Å². The number of nitrogens with two attached hydrogens (primary N) is 2. The lowest BCUT2D eigenvalue weighted by Crippen LogP contribution is -1.96. The van der Waals surface area contributed by atoms with Crippen LogP contribution in [0.4, 0.5) is 11.4 Å². The smallest absolute Gasteiger partial charge is 0.138 e. The van der Waals surface area contributed by atoms with E-state index in [-0.39, 0.29) is 0 Å². The number of nitrogens with zero attached hydrogens (tertiary/aromatic N) is 1. The van der Waals surface area contributed by atoms with Gasteiger partial charge in [-0.25, -0.2) is 0 Å². The van der Waals surface area contributed by atoms with Crippen molar-refractivity contribution in [2.45, 2.75) is 4.90 Å². The molecule has 0 heterocycles. The van der Waals surface area contributed by atoms with E-state index in [4.69, 9.17) is 21.5 Å². The summed E-state index contributed by atoms with van der Waals surface area (Å²) in [6.45, 7) is 0. The molecule has 4 nitrogen and oxygen atoms in total. The average molecular weight is 195 g/mol. The van der Waals surface area contributed by atoms with Gasteiger partial charge in [-0.1, -0.05) is 0 Å². The fourth-order valence-electron chi connectivity index (χ4n) is 0.880. The van der Waals surface area contributed by atoms with Crippen LogP contribution in [0.3, 0.4) is 0 Å². The molecule has 0 aromatic heterocycles. The van der Waals surface area contributed by atoms with Gasteiger partial charge in [-0.2, -0.15) is 5.26 Å². The third kappa shape index (κ3) is 1.98. The molecule has 1 rings (SSSR count). The van der Waals surface area contributed by atoms with Crippen LogP contribution in [0.25, 0.3) is 0 Å². The molecule has 1 aromatic carbocycles. The first-order chi connectivity index (χ1) is 6.19. The summed E-state index contributed by atoms with van der Waals surface area (Å²) in [7, 11) is 1.52. The number of benzene rings is 1. The van der Waals surface area contributed by atoms with Gasteiger partial charge in [0.2, 0.25) is 0 Å². The molecular formula is C8H9N3OS. The van der Waals surface area contributed by atoms with Crippen molar-refractivity contribution in [3.8, 4) is 11.2 Å². The summed E-state index contributed by atoms with van der Waals surface area (Å²) in [6, 6.07) is 3.23. The molecule has 0 saturated heterocycles. The Morgan fingerprint density at radius 1 is 1.38 bits per heavy atom. The Labute approximate surface area is 80.5 Å². The van der Waals surface area contributed by atoms with Gasteiger partial charge in [-0.3, -0.25) is 0 Å². The predicted molar refractivity (Wildman–Crippen MR) is 53.3 cm³/mol. The van der Waals surface area contributed by atoms with Crippen molar-refractivity contribution < 1.29 is 4.74 Å². The van der Waals surface area contributed by atoms with Crippen LogP contribution in [0, 0.1) is 10.7 Å². The first-order valence-electron chi connectivity index (χ1n) is 3.48. The van der Waals surface area contributed by atoms with Crippen LogP contribution in [-0.2, 0) is 0 Å². The van der Waals surface area contributed by atoms with Crippen LogP contribution in [-0.4, -0.2) is 7.11 Å². The van der Waals surface area contributed by atoms with Crippen LogP contribution in [0.1, 0.15) is 0 Å². The number of nitrogen functional groups attached to an aromatic ring is 2. The third-order valence-electron chi connectivity index (χ3n) is 1.52. The van der Waals surface area contributed by atoms with E-state index < -0.39 is 0 Å². The van der Waals surface area contributed by atoms with Gasteiger partial charge in [0, 0.05) is 6.07 Å². The molecule has 0 fully saturated rings. The lowest BCUT2D eigenvalue weighted by molar-refractivity contribution is 0.405. The quantitative estimate of drug-likeness (QED) is 0.423. The minimum absolute atomic E-state index is 0.457. The van der Waals surface area contributed by atoms with Crippen molar-refractivity contribution in [3.05, 3.63) is 12.1 Å². The Balaban J connectivity index is 3.18. The standard InChI is InChI=1S/C8H9N3OS/c1-12-7-2-5(10)6(11)3-8(7)13-4-9/h2-3H,10-11H2,1H3. The van der Waals surface area contributed by atoms with Gasteiger partial charge in [0.05, 0.1) is 23.4 Å². The molecule has 1 aromatic rings. The van der Waals surface area contributed by atoms with Crippen molar-refractivity contribution in [1.29, 1.82) is 5.26 Å². The maximum atomic E-state index is 8.49. The Morgan fingerprint density at radius 3 is 2.54 bits per heavy atom. The summed E-state index contributed by atoms with van der Waals surface area (Å²) in [6.07, 6.45) is 0. The molecule has 13 heavy (non-hydrogen) atoms. The molecule has 0 radical (unpaired) electrons. The van der Waals surface area contributed by atoms with E-state index >= 15 is 0 Å². The van der Waals surface area contributed by atoms with Crippen LogP contribution in [0.5, 0.6) is 5.75 Å². The lowest BCUT2D eigenvalue weighted by Gasteiger charge is -2.07. The van der Waals surface area contributed by atoms with Crippen molar-refractivity contribution in [1.82, 2.24) is 0 Å². The molecule has 0 aliphatic rings. The van der Waals surface area contributed by atoms with Gasteiger partial charge in [0.1, 0.15) is 11.2 Å². The van der Waals surface area contributed by atoms with Crippen molar-refractivity contribution in [2.24, 2.45) is 0 Å². The molecule has 0 spiro atoms. The van der Waals surface area contributed by atoms with Gasteiger partial charge < -0.3 is 16.2 Å². The van der Waals surface area contributed by atoms with E-state index in [9.17, 15) is 0 Å². The van der Waals surface area contributed by atoms with Crippen LogP contribution in [0.15, 0.2) is 17.0 Å². The molecule has 68 valence electrons. The minimum atomic E-state index is 0.457. The number of thiocyanates is 1. The van der Waals surface area contributed by atoms with Gasteiger partial charge >= 0.3 is 0 Å². The Kier molecular flexibility index (Phi) is 2.88. The predicted octanol–water partition coefficient (Wildman–Crippen LogP) is 1.43. The van der Waals surface area contributed by atoms with E-state index in [1.807, 2.05) is 5.40 Å². The van der Waals surface area contributed by atoms with E-state index in [2.05, 4.69) is 0 Å². The summed E-state index contributed by atoms with van der Waals surface area (Å²) in [4.78, 5) is 0.678. The maximum absolute atomic E-state index is 8.49. The second-order valence-electron chi connectivity index (χ2n) is 2.33. The molecule has 0 atom stereocenters. The summed E-state index contributed by atoms with van der Waals surface area (Å²) in [5.74, 6) is 0.568. The molecule has 0 amide bonds. The van der Waals surface area contributed by atoms with Gasteiger partial charge in [0.15, 0.2) is 0 Å². The van der Waals surface area contributed by atoms with E-state index in [0.29, 0.717) is 22.0 Å². The number of methoxy groups -OCH3 is 1.